The highest BCUT2D eigenvalue weighted by atomic mass is 16.5. The number of nitrogens with one attached hydrogen (secondary N) is 1. The van der Waals surface area contributed by atoms with Crippen LogP contribution in [0.2, 0.25) is 0 Å². The van der Waals surface area contributed by atoms with Crippen molar-refractivity contribution < 1.29 is 9.84 Å². The average molecular weight is 298 g/mol. The SMILES string of the molecule is NCC(O)C1CC(Oc2cccc(-c3ccccc3)c2)CN1. The minimum atomic E-state index is -0.510. The van der Waals surface area contributed by atoms with Gasteiger partial charge < -0.3 is 20.9 Å². The van der Waals surface area contributed by atoms with Crippen molar-refractivity contribution in [1.29, 1.82) is 0 Å². The molecule has 0 bridgehead atoms. The van der Waals surface area contributed by atoms with Crippen LogP contribution in [0.4, 0.5) is 0 Å². The Bertz CT molecular complexity index is 603. The monoisotopic (exact) mass is 298 g/mol. The first-order valence-electron chi connectivity index (χ1n) is 7.70. The van der Waals surface area contributed by atoms with E-state index in [2.05, 4.69) is 29.6 Å². The number of aliphatic hydroxyl groups excluding tert-OH is 1. The van der Waals surface area contributed by atoms with Gasteiger partial charge in [0, 0.05) is 25.6 Å². The molecule has 116 valence electrons. The lowest BCUT2D eigenvalue weighted by Crippen LogP contribution is -2.39. The van der Waals surface area contributed by atoms with E-state index in [4.69, 9.17) is 10.5 Å². The molecule has 3 rings (SSSR count). The summed E-state index contributed by atoms with van der Waals surface area (Å²) in [6.07, 6.45) is 0.329. The second-order valence-electron chi connectivity index (χ2n) is 5.69. The molecule has 0 radical (unpaired) electrons. The molecule has 1 fully saturated rings. The second-order valence-corrected chi connectivity index (χ2v) is 5.69. The summed E-state index contributed by atoms with van der Waals surface area (Å²) < 4.78 is 6.05. The lowest BCUT2D eigenvalue weighted by molar-refractivity contribution is 0.135. The molecule has 3 unspecified atom stereocenters. The minimum absolute atomic E-state index is 0.0207. The second kappa shape index (κ2) is 6.92. The molecule has 1 aliphatic rings. The standard InChI is InChI=1S/C18H22N2O2/c19-11-18(21)17-10-16(12-20-17)22-15-8-4-7-14(9-15)13-5-2-1-3-6-13/h1-9,16-18,20-21H,10-12,19H2. The molecule has 4 N–H and O–H groups in total. The van der Waals surface area contributed by atoms with Crippen molar-refractivity contribution in [2.75, 3.05) is 13.1 Å². The molecule has 1 heterocycles. The van der Waals surface area contributed by atoms with E-state index in [1.807, 2.05) is 30.3 Å². The van der Waals surface area contributed by atoms with Gasteiger partial charge in [0.1, 0.15) is 11.9 Å². The van der Waals surface area contributed by atoms with Crippen LogP contribution < -0.4 is 15.8 Å². The van der Waals surface area contributed by atoms with Gasteiger partial charge >= 0.3 is 0 Å². The van der Waals surface area contributed by atoms with Gasteiger partial charge in [-0.1, -0.05) is 42.5 Å². The maximum absolute atomic E-state index is 9.79. The van der Waals surface area contributed by atoms with Crippen molar-refractivity contribution in [3.05, 3.63) is 54.6 Å². The van der Waals surface area contributed by atoms with Crippen LogP contribution in [0.5, 0.6) is 5.75 Å². The van der Waals surface area contributed by atoms with Gasteiger partial charge in [-0.05, 0) is 23.3 Å². The quantitative estimate of drug-likeness (QED) is 0.787. The molecule has 4 nitrogen and oxygen atoms in total. The van der Waals surface area contributed by atoms with Gasteiger partial charge in [0.15, 0.2) is 0 Å². The summed E-state index contributed by atoms with van der Waals surface area (Å²) >= 11 is 0. The minimum Gasteiger partial charge on any atom is -0.489 e. The van der Waals surface area contributed by atoms with Crippen LogP contribution in [0.15, 0.2) is 54.6 Å². The molecule has 0 saturated carbocycles. The normalized spacial score (nSPS) is 22.5. The largest absolute Gasteiger partial charge is 0.489 e. The van der Waals surface area contributed by atoms with Crippen molar-refractivity contribution in [2.45, 2.75) is 24.7 Å². The lowest BCUT2D eigenvalue weighted by atomic mass is 10.1. The van der Waals surface area contributed by atoms with E-state index in [-0.39, 0.29) is 18.7 Å². The van der Waals surface area contributed by atoms with E-state index >= 15 is 0 Å². The highest BCUT2D eigenvalue weighted by Gasteiger charge is 2.29. The van der Waals surface area contributed by atoms with Gasteiger partial charge in [-0.15, -0.1) is 0 Å². The molecule has 22 heavy (non-hydrogen) atoms. The highest BCUT2D eigenvalue weighted by Crippen LogP contribution is 2.25. The molecule has 0 aromatic heterocycles. The summed E-state index contributed by atoms with van der Waals surface area (Å²) in [7, 11) is 0. The van der Waals surface area contributed by atoms with Crippen LogP contribution in [-0.2, 0) is 0 Å². The Kier molecular flexibility index (Phi) is 4.73. The molecular weight excluding hydrogens is 276 g/mol. The number of ether oxygens (including phenoxy) is 1. The number of hydrogen-bond acceptors (Lipinski definition) is 4. The Hall–Kier alpha value is -1.88. The molecule has 0 aliphatic carbocycles. The fourth-order valence-corrected chi connectivity index (χ4v) is 2.85. The molecule has 0 amide bonds. The number of nitrogens with two attached hydrogens (primary N) is 1. The van der Waals surface area contributed by atoms with E-state index in [0.29, 0.717) is 0 Å². The zero-order chi connectivity index (χ0) is 15.4. The predicted molar refractivity (Wildman–Crippen MR) is 87.8 cm³/mol. The first-order chi connectivity index (χ1) is 10.8. The molecule has 3 atom stereocenters. The summed E-state index contributed by atoms with van der Waals surface area (Å²) in [5.74, 6) is 0.857. The zero-order valence-electron chi connectivity index (χ0n) is 12.5. The van der Waals surface area contributed by atoms with Crippen molar-refractivity contribution in [3.8, 4) is 16.9 Å². The van der Waals surface area contributed by atoms with Crippen LogP contribution in [0.25, 0.3) is 11.1 Å². The third-order valence-electron chi connectivity index (χ3n) is 4.07. The van der Waals surface area contributed by atoms with E-state index in [1.165, 1.54) is 5.56 Å². The van der Waals surface area contributed by atoms with Gasteiger partial charge in [0.25, 0.3) is 0 Å². The van der Waals surface area contributed by atoms with Gasteiger partial charge in [0.2, 0.25) is 0 Å². The number of aliphatic hydroxyl groups is 1. The van der Waals surface area contributed by atoms with Crippen molar-refractivity contribution >= 4 is 0 Å². The Morgan fingerprint density at radius 3 is 2.68 bits per heavy atom. The maximum Gasteiger partial charge on any atom is 0.120 e. The smallest absolute Gasteiger partial charge is 0.120 e. The van der Waals surface area contributed by atoms with Crippen molar-refractivity contribution in [3.63, 3.8) is 0 Å². The van der Waals surface area contributed by atoms with E-state index in [9.17, 15) is 5.11 Å². The lowest BCUT2D eigenvalue weighted by Gasteiger charge is -2.17. The van der Waals surface area contributed by atoms with Crippen LogP contribution in [0, 0.1) is 0 Å². The molecular formula is C18H22N2O2. The van der Waals surface area contributed by atoms with Crippen molar-refractivity contribution in [2.24, 2.45) is 5.73 Å². The van der Waals surface area contributed by atoms with Gasteiger partial charge in [-0.3, -0.25) is 0 Å². The number of hydrogen-bond donors (Lipinski definition) is 3. The van der Waals surface area contributed by atoms with Crippen LogP contribution in [0.3, 0.4) is 0 Å². The van der Waals surface area contributed by atoms with Crippen molar-refractivity contribution in [1.82, 2.24) is 5.32 Å². The molecule has 0 spiro atoms. The van der Waals surface area contributed by atoms with Gasteiger partial charge in [-0.2, -0.15) is 0 Å². The Labute approximate surface area is 130 Å². The van der Waals surface area contributed by atoms with Gasteiger partial charge in [-0.25, -0.2) is 0 Å². The fourth-order valence-electron chi connectivity index (χ4n) is 2.85. The first kappa shape index (κ1) is 15.0. The summed E-state index contributed by atoms with van der Waals surface area (Å²) in [6, 6.07) is 18.4. The van der Waals surface area contributed by atoms with E-state index < -0.39 is 6.10 Å². The highest BCUT2D eigenvalue weighted by molar-refractivity contribution is 5.64. The molecule has 4 heteroatoms. The van der Waals surface area contributed by atoms with E-state index in [1.54, 1.807) is 0 Å². The van der Waals surface area contributed by atoms with Crippen LogP contribution >= 0.6 is 0 Å². The molecule has 2 aromatic rings. The topological polar surface area (TPSA) is 67.5 Å². The Morgan fingerprint density at radius 2 is 1.91 bits per heavy atom. The van der Waals surface area contributed by atoms with Gasteiger partial charge in [0.05, 0.1) is 6.10 Å². The van der Waals surface area contributed by atoms with Crippen LogP contribution in [-0.4, -0.2) is 36.4 Å². The zero-order valence-corrected chi connectivity index (χ0v) is 12.5. The fraction of sp³-hybridized carbons (Fsp3) is 0.333. The third kappa shape index (κ3) is 3.47. The summed E-state index contributed by atoms with van der Waals surface area (Å²) in [5, 5.41) is 13.1. The Morgan fingerprint density at radius 1 is 1.14 bits per heavy atom. The molecule has 1 aliphatic heterocycles. The Balaban J connectivity index is 1.67. The average Bonchev–Trinajstić information content (AvgIpc) is 3.04. The van der Waals surface area contributed by atoms with Crippen LogP contribution in [0.1, 0.15) is 6.42 Å². The maximum atomic E-state index is 9.79. The molecule has 1 saturated heterocycles. The first-order valence-corrected chi connectivity index (χ1v) is 7.70. The summed E-state index contributed by atoms with van der Waals surface area (Å²) in [5.41, 5.74) is 7.82. The van der Waals surface area contributed by atoms with E-state index in [0.717, 1.165) is 24.3 Å². The third-order valence-corrected chi connectivity index (χ3v) is 4.07. The summed E-state index contributed by atoms with van der Waals surface area (Å²) in [6.45, 7) is 1.01. The molecule has 2 aromatic carbocycles. The summed E-state index contributed by atoms with van der Waals surface area (Å²) in [4.78, 5) is 0. The number of rotatable bonds is 5. The number of benzene rings is 2. The predicted octanol–water partition coefficient (Wildman–Crippen LogP) is 1.78.